The van der Waals surface area contributed by atoms with Crippen molar-refractivity contribution >= 4 is 6.09 Å². The number of ether oxygens (including phenoxy) is 1. The minimum atomic E-state index is -0.630. The summed E-state index contributed by atoms with van der Waals surface area (Å²) in [6.07, 6.45) is -1.10. The Morgan fingerprint density at radius 1 is 1.37 bits per heavy atom. The molecule has 4 nitrogen and oxygen atoms in total. The van der Waals surface area contributed by atoms with Crippen LogP contribution in [0.2, 0.25) is 0 Å². The van der Waals surface area contributed by atoms with Crippen LogP contribution in [-0.2, 0) is 4.74 Å². The first-order valence-electron chi connectivity index (χ1n) is 6.20. The monoisotopic (exact) mass is 263 g/mol. The fraction of sp³-hybridized carbons (Fsp3) is 0.400. The van der Waals surface area contributed by atoms with E-state index in [9.17, 15) is 9.90 Å². The molecule has 0 aromatic heterocycles. The first-order valence-corrected chi connectivity index (χ1v) is 6.20. The number of hydrogen-bond acceptors (Lipinski definition) is 3. The highest BCUT2D eigenvalue weighted by molar-refractivity contribution is 5.67. The molecule has 0 aliphatic heterocycles. The molecule has 0 unspecified atom stereocenters. The molecule has 0 aliphatic rings. The highest BCUT2D eigenvalue weighted by Gasteiger charge is 2.17. The van der Waals surface area contributed by atoms with Crippen LogP contribution in [0, 0.1) is 0 Å². The number of aliphatic hydroxyl groups is 1. The predicted octanol–water partition coefficient (Wildman–Crippen LogP) is 2.75. The van der Waals surface area contributed by atoms with Gasteiger partial charge in [0.15, 0.2) is 0 Å². The molecule has 4 heteroatoms. The SMILES string of the molecule is C=C(C[C@H](O)c1ccccc1)[C@@H](C)OC(=O)N(C)C. The van der Waals surface area contributed by atoms with Gasteiger partial charge in [-0.2, -0.15) is 0 Å². The van der Waals surface area contributed by atoms with Crippen molar-refractivity contribution in [1.82, 2.24) is 4.90 Å². The Balaban J connectivity index is 2.53. The van der Waals surface area contributed by atoms with Gasteiger partial charge in [-0.1, -0.05) is 36.9 Å². The molecule has 0 heterocycles. The average Bonchev–Trinajstić information content (AvgIpc) is 2.39. The molecule has 0 bridgehead atoms. The third-order valence-electron chi connectivity index (χ3n) is 2.86. The Kier molecular flexibility index (Phi) is 5.57. The zero-order valence-corrected chi connectivity index (χ0v) is 11.7. The molecule has 1 N–H and O–H groups in total. The summed E-state index contributed by atoms with van der Waals surface area (Å²) in [6.45, 7) is 5.63. The molecule has 0 saturated heterocycles. The van der Waals surface area contributed by atoms with Crippen LogP contribution < -0.4 is 0 Å². The molecule has 1 aromatic carbocycles. The lowest BCUT2D eigenvalue weighted by Crippen LogP contribution is -2.27. The quantitative estimate of drug-likeness (QED) is 0.831. The Labute approximate surface area is 114 Å². The average molecular weight is 263 g/mol. The molecule has 2 atom stereocenters. The van der Waals surface area contributed by atoms with Gasteiger partial charge >= 0.3 is 6.09 Å². The Bertz CT molecular complexity index is 428. The van der Waals surface area contributed by atoms with Crippen LogP contribution >= 0.6 is 0 Å². The highest BCUT2D eigenvalue weighted by Crippen LogP contribution is 2.22. The Morgan fingerprint density at radius 2 is 1.95 bits per heavy atom. The van der Waals surface area contributed by atoms with Crippen LogP contribution in [0.15, 0.2) is 42.5 Å². The normalized spacial score (nSPS) is 13.5. The third-order valence-corrected chi connectivity index (χ3v) is 2.86. The minimum Gasteiger partial charge on any atom is -0.442 e. The van der Waals surface area contributed by atoms with Gasteiger partial charge in [-0.05, 0) is 18.1 Å². The lowest BCUT2D eigenvalue weighted by Gasteiger charge is -2.20. The Morgan fingerprint density at radius 3 is 2.47 bits per heavy atom. The van der Waals surface area contributed by atoms with Crippen molar-refractivity contribution in [2.24, 2.45) is 0 Å². The van der Waals surface area contributed by atoms with E-state index in [1.165, 1.54) is 4.90 Å². The number of carbonyl (C=O) groups is 1. The number of aliphatic hydroxyl groups excluding tert-OH is 1. The van der Waals surface area contributed by atoms with E-state index in [2.05, 4.69) is 6.58 Å². The van der Waals surface area contributed by atoms with E-state index in [1.54, 1.807) is 21.0 Å². The first kappa shape index (κ1) is 15.2. The second-order valence-corrected chi connectivity index (χ2v) is 4.71. The van der Waals surface area contributed by atoms with Gasteiger partial charge in [0, 0.05) is 20.5 Å². The van der Waals surface area contributed by atoms with Gasteiger partial charge < -0.3 is 14.7 Å². The van der Waals surface area contributed by atoms with E-state index in [0.717, 1.165) is 5.56 Å². The molecule has 0 aliphatic carbocycles. The molecule has 0 spiro atoms. The zero-order valence-electron chi connectivity index (χ0n) is 11.7. The molecular formula is C15H21NO3. The number of carbonyl (C=O) groups excluding carboxylic acids is 1. The fourth-order valence-electron chi connectivity index (χ4n) is 1.55. The maximum Gasteiger partial charge on any atom is 0.409 e. The van der Waals surface area contributed by atoms with E-state index in [4.69, 9.17) is 4.74 Å². The van der Waals surface area contributed by atoms with E-state index in [1.807, 2.05) is 30.3 Å². The summed E-state index contributed by atoms with van der Waals surface area (Å²) in [5.41, 5.74) is 1.52. The van der Waals surface area contributed by atoms with E-state index >= 15 is 0 Å². The Hall–Kier alpha value is -1.81. The van der Waals surface area contributed by atoms with Crippen molar-refractivity contribution in [3.8, 4) is 0 Å². The molecule has 0 saturated carbocycles. The van der Waals surface area contributed by atoms with Gasteiger partial charge in [0.05, 0.1) is 6.10 Å². The maximum atomic E-state index is 11.4. The molecule has 19 heavy (non-hydrogen) atoms. The summed E-state index contributed by atoms with van der Waals surface area (Å²) < 4.78 is 5.19. The lowest BCUT2D eigenvalue weighted by atomic mass is 10.00. The number of amides is 1. The molecule has 104 valence electrons. The third kappa shape index (κ3) is 4.75. The van der Waals surface area contributed by atoms with Crippen LogP contribution in [0.5, 0.6) is 0 Å². The number of nitrogens with zero attached hydrogens (tertiary/aromatic N) is 1. The molecule has 0 radical (unpaired) electrons. The summed E-state index contributed by atoms with van der Waals surface area (Å²) in [7, 11) is 3.24. The summed E-state index contributed by atoms with van der Waals surface area (Å²) >= 11 is 0. The van der Waals surface area contributed by atoms with Gasteiger partial charge in [-0.3, -0.25) is 0 Å². The standard InChI is InChI=1S/C15H21NO3/c1-11(12(2)19-15(18)16(3)4)10-14(17)13-8-6-5-7-9-13/h5-9,12,14,17H,1,10H2,2-4H3/t12-,14+/m1/s1. The molecule has 1 rings (SSSR count). The van der Waals surface area contributed by atoms with Crippen molar-refractivity contribution in [3.63, 3.8) is 0 Å². The van der Waals surface area contributed by atoms with Crippen molar-refractivity contribution < 1.29 is 14.6 Å². The smallest absolute Gasteiger partial charge is 0.409 e. The molecule has 1 aromatic rings. The van der Waals surface area contributed by atoms with Gasteiger partial charge in [0.25, 0.3) is 0 Å². The van der Waals surface area contributed by atoms with Crippen molar-refractivity contribution in [2.75, 3.05) is 14.1 Å². The fourth-order valence-corrected chi connectivity index (χ4v) is 1.55. The summed E-state index contributed by atoms with van der Waals surface area (Å²) in [5, 5.41) is 10.1. The minimum absolute atomic E-state index is 0.367. The summed E-state index contributed by atoms with van der Waals surface area (Å²) in [4.78, 5) is 12.8. The summed E-state index contributed by atoms with van der Waals surface area (Å²) in [6, 6.07) is 9.35. The van der Waals surface area contributed by atoms with Crippen LogP contribution in [-0.4, -0.2) is 36.3 Å². The topological polar surface area (TPSA) is 49.8 Å². The van der Waals surface area contributed by atoms with E-state index in [0.29, 0.717) is 12.0 Å². The highest BCUT2D eigenvalue weighted by atomic mass is 16.6. The first-order chi connectivity index (χ1) is 8.91. The molecule has 0 fully saturated rings. The van der Waals surface area contributed by atoms with Gasteiger partial charge in [-0.25, -0.2) is 4.79 Å². The maximum absolute atomic E-state index is 11.4. The van der Waals surface area contributed by atoms with Crippen molar-refractivity contribution in [1.29, 1.82) is 0 Å². The number of benzene rings is 1. The lowest BCUT2D eigenvalue weighted by molar-refractivity contribution is 0.0900. The van der Waals surface area contributed by atoms with Gasteiger partial charge in [-0.15, -0.1) is 0 Å². The van der Waals surface area contributed by atoms with Crippen LogP contribution in [0.1, 0.15) is 25.0 Å². The van der Waals surface area contributed by atoms with Crippen LogP contribution in [0.4, 0.5) is 4.79 Å². The van der Waals surface area contributed by atoms with Gasteiger partial charge in [0.1, 0.15) is 6.10 Å². The second-order valence-electron chi connectivity index (χ2n) is 4.71. The largest absolute Gasteiger partial charge is 0.442 e. The van der Waals surface area contributed by atoms with E-state index < -0.39 is 18.3 Å². The van der Waals surface area contributed by atoms with Crippen LogP contribution in [0.25, 0.3) is 0 Å². The molecular weight excluding hydrogens is 242 g/mol. The second kappa shape index (κ2) is 6.95. The predicted molar refractivity (Wildman–Crippen MR) is 74.8 cm³/mol. The summed E-state index contributed by atoms with van der Waals surface area (Å²) in [5.74, 6) is 0. The van der Waals surface area contributed by atoms with Crippen LogP contribution in [0.3, 0.4) is 0 Å². The van der Waals surface area contributed by atoms with Crippen molar-refractivity contribution in [3.05, 3.63) is 48.0 Å². The number of rotatable bonds is 5. The number of hydrogen-bond donors (Lipinski definition) is 1. The zero-order chi connectivity index (χ0) is 14.4. The molecule has 1 amide bonds. The van der Waals surface area contributed by atoms with Gasteiger partial charge in [0.2, 0.25) is 0 Å². The van der Waals surface area contributed by atoms with Crippen molar-refractivity contribution in [2.45, 2.75) is 25.6 Å². The van der Waals surface area contributed by atoms with E-state index in [-0.39, 0.29) is 0 Å².